The van der Waals surface area contributed by atoms with E-state index in [0.717, 1.165) is 47.6 Å². The summed E-state index contributed by atoms with van der Waals surface area (Å²) in [6.07, 6.45) is 9.93. The van der Waals surface area contributed by atoms with E-state index in [1.54, 1.807) is 41.5 Å². The van der Waals surface area contributed by atoms with E-state index in [1.165, 1.54) is 50.9 Å². The van der Waals surface area contributed by atoms with Crippen molar-refractivity contribution in [2.45, 2.75) is 288 Å². The molecule has 6 amide bonds. The topological polar surface area (TPSA) is 400 Å². The van der Waals surface area contributed by atoms with E-state index in [0.29, 0.717) is 114 Å². The summed E-state index contributed by atoms with van der Waals surface area (Å²) in [5.74, 6) is -6.78. The lowest BCUT2D eigenvalue weighted by Gasteiger charge is -2.27. The molecule has 0 saturated heterocycles. The van der Waals surface area contributed by atoms with Crippen LogP contribution in [0.4, 0.5) is 9.59 Å². The maximum Gasteiger partial charge on any atom is 0.408 e. The number of Topliss-reactive ketones (excluding diaryl/α,β-unsaturated/α-hetero) is 2. The molecule has 4 fully saturated rings. The van der Waals surface area contributed by atoms with Gasteiger partial charge < -0.3 is 49.7 Å². The largest absolute Gasteiger partial charge is 0.486 e. The fourth-order valence-electron chi connectivity index (χ4n) is 19.5. The van der Waals surface area contributed by atoms with Crippen LogP contribution in [0.25, 0.3) is 65.7 Å². The van der Waals surface area contributed by atoms with Crippen molar-refractivity contribution in [2.24, 2.45) is 35.5 Å². The molecule has 3 aliphatic heterocycles. The van der Waals surface area contributed by atoms with Crippen LogP contribution >= 0.6 is 22.7 Å². The SMILES string of the molecule is CC(C)n1c(OC2CC3CCC(C2)C(=O)NC2(C(=O)NS(=O)(=O)N(C)C)CC2C=CCCCCCC(NC(=O)OC(C)(C)C)C(=O)C3)nc2c(-c3nc(-c4ccc(C(C)(C)C)cc4)cs3)cc(C3CC=CC4CC4(C(=O)NS(=O)(=O)N(C)C)NC(=O)C4CCC(CC(Oc5nc6c(-c7nc(-c8ccc9c(c8)OCCO9)cs7)cccc6n5C(C)C)C4)C(=O)C(NC(=O)OC(C)(C)C)CCC3)cc21. The van der Waals surface area contributed by atoms with Crippen molar-refractivity contribution in [2.75, 3.05) is 41.4 Å². The lowest BCUT2D eigenvalue weighted by molar-refractivity contribution is -0.132. The molecule has 137 heavy (non-hydrogen) atoms. The van der Waals surface area contributed by atoms with Gasteiger partial charge in [-0.1, -0.05) is 94.7 Å². The molecule has 738 valence electrons. The molecule has 4 bridgehead atoms. The molecule has 36 heteroatoms. The van der Waals surface area contributed by atoms with Crippen LogP contribution in [0, 0.1) is 35.5 Å². The van der Waals surface area contributed by atoms with Crippen molar-refractivity contribution in [3.8, 4) is 67.2 Å². The van der Waals surface area contributed by atoms with Crippen molar-refractivity contribution < 1.29 is 83.6 Å². The zero-order valence-electron chi connectivity index (χ0n) is 81.5. The minimum absolute atomic E-state index is 0.00210. The molecule has 13 unspecified atom stereocenters. The summed E-state index contributed by atoms with van der Waals surface area (Å²) in [4.78, 5) is 141. The molecular weight excluding hydrogens is 1830 g/mol. The molecule has 32 nitrogen and oxygen atoms in total. The summed E-state index contributed by atoms with van der Waals surface area (Å²) in [5, 5.41) is 17.4. The lowest BCUT2D eigenvalue weighted by atomic mass is 9.85. The third-order valence-electron chi connectivity index (χ3n) is 27.2. The van der Waals surface area contributed by atoms with Gasteiger partial charge in [0.25, 0.3) is 23.8 Å². The van der Waals surface area contributed by atoms with E-state index in [4.69, 9.17) is 48.4 Å². The number of imidazole rings is 2. The van der Waals surface area contributed by atoms with Gasteiger partial charge in [-0.3, -0.25) is 37.9 Å². The van der Waals surface area contributed by atoms with Gasteiger partial charge in [0.2, 0.25) is 11.8 Å². The summed E-state index contributed by atoms with van der Waals surface area (Å²) < 4.78 is 103. The summed E-state index contributed by atoms with van der Waals surface area (Å²) in [5.41, 5.74) is 3.64. The number of ether oxygens (including phenoxy) is 6. The second-order valence-corrected chi connectivity index (χ2v) is 47.4. The Labute approximate surface area is 810 Å². The van der Waals surface area contributed by atoms with Crippen molar-refractivity contribution in [1.29, 1.82) is 0 Å². The van der Waals surface area contributed by atoms with Crippen molar-refractivity contribution in [1.82, 2.24) is 68.4 Å². The number of para-hydroxylation sites is 1. The first-order valence-corrected chi connectivity index (χ1v) is 52.7. The number of amides is 6. The Hall–Kier alpha value is -10.7. The molecule has 8 aromatic rings. The molecule has 6 N–H and O–H groups in total. The summed E-state index contributed by atoms with van der Waals surface area (Å²) in [6, 6.07) is 21.8. The second-order valence-electron chi connectivity index (χ2n) is 41.9. The molecule has 4 saturated carbocycles. The number of nitrogens with one attached hydrogen (secondary N) is 6. The van der Waals surface area contributed by atoms with Crippen LogP contribution < -0.4 is 49.7 Å². The summed E-state index contributed by atoms with van der Waals surface area (Å²) >= 11 is 2.88. The number of fused-ring (bicyclic) bond motifs is 11. The van der Waals surface area contributed by atoms with E-state index in [1.807, 2.05) is 108 Å². The summed E-state index contributed by atoms with van der Waals surface area (Å²) in [6.45, 7) is 25.9. The van der Waals surface area contributed by atoms with Gasteiger partial charge in [0.05, 0.1) is 34.5 Å². The van der Waals surface area contributed by atoms with Crippen LogP contribution in [0.15, 0.2) is 108 Å². The fraction of sp³-hybridized carbons (Fsp3) is 0.564. The molecule has 4 aliphatic carbocycles. The van der Waals surface area contributed by atoms with Gasteiger partial charge in [-0.05, 0) is 243 Å². The second kappa shape index (κ2) is 40.6. The number of rotatable bonds is 19. The van der Waals surface area contributed by atoms with E-state index in [-0.39, 0.29) is 112 Å². The molecule has 15 rings (SSSR count). The van der Waals surface area contributed by atoms with E-state index in [9.17, 15) is 31.2 Å². The fourth-order valence-corrected chi connectivity index (χ4v) is 22.4. The molecule has 4 aromatic heterocycles. The van der Waals surface area contributed by atoms with Crippen molar-refractivity contribution >= 4 is 113 Å². The number of hydrogen-bond acceptors (Lipinski definition) is 24. The Morgan fingerprint density at radius 2 is 1.06 bits per heavy atom. The van der Waals surface area contributed by atoms with Crippen LogP contribution in [0.2, 0.25) is 0 Å². The first-order valence-electron chi connectivity index (χ1n) is 48.1. The van der Waals surface area contributed by atoms with Crippen LogP contribution in [-0.2, 0) is 64.1 Å². The maximum absolute atomic E-state index is 16.2. The van der Waals surface area contributed by atoms with Gasteiger partial charge in [-0.15, -0.1) is 22.7 Å². The van der Waals surface area contributed by atoms with E-state index < -0.39 is 150 Å². The lowest BCUT2D eigenvalue weighted by Crippen LogP contribution is -2.54. The quantitative estimate of drug-likeness (QED) is 0.0409. The number of nitrogens with zero attached hydrogens (tertiary/aromatic N) is 8. The van der Waals surface area contributed by atoms with Gasteiger partial charge in [0.1, 0.15) is 68.8 Å². The number of thiazole rings is 2. The predicted molar refractivity (Wildman–Crippen MR) is 526 cm³/mol. The molecule has 0 spiro atoms. The number of carbonyl (C=O) groups is 8. The zero-order valence-corrected chi connectivity index (χ0v) is 84.8. The Morgan fingerprint density at radius 1 is 0.540 bits per heavy atom. The monoisotopic (exact) mass is 1960 g/mol. The summed E-state index contributed by atoms with van der Waals surface area (Å²) in [7, 11) is -3.51. The third kappa shape index (κ3) is 23.4. The van der Waals surface area contributed by atoms with Crippen LogP contribution in [0.5, 0.6) is 23.5 Å². The predicted octanol–water partition coefficient (Wildman–Crippen LogP) is 16.6. The van der Waals surface area contributed by atoms with Crippen molar-refractivity contribution in [3.05, 3.63) is 119 Å². The first-order chi connectivity index (χ1) is 64.7. The molecule has 4 aromatic carbocycles. The third-order valence-corrected chi connectivity index (χ3v) is 31.7. The Kier molecular flexibility index (Phi) is 29.9. The minimum atomic E-state index is -4.42. The standard InChI is InChI=1S/C101H132N14O18S4/c1-58(2)114-79-33-25-30-73(89-103-78(57-134-89)63-40-43-82-83(53-63)129-45-44-128-82)84(79)106-93(114)131-72-48-64-36-37-66(50-72)88(119)109-101(92(121)111-137(126,127)113(16)17)55-70(101)29-23-26-61(27-24-32-76(86(64)117)105-96(123)133-99(11,12)13)67-51-74(90-102-77(56-135-90)62-38-41-68(42-39-62)97(5,6)7)85-80(52-67)115(59(3)4)94(107-85)130-71-46-60-34-35-65(49-71)87(118)108-100(91(120)110-136(124,125)112(14)15)54-69(100)28-21-19-18-20-22-31-75(81(116)47-60)104-95(122)132-98(8,9)10/h21,23,25,28-30,33,38-43,51-53,56-61,64-66,69-72,75-76H,18-20,22,24,26-27,31-32,34-37,44-50,54-55H2,1-17H3,(H,104,122)(H,105,123)(H,108,118)(H,109,119)(H,110,120)(H,111,121). The van der Waals surface area contributed by atoms with Gasteiger partial charge in [0.15, 0.2) is 23.1 Å². The number of allylic oxidation sites excluding steroid dienone is 2. The Bertz CT molecular complexity index is 6170. The minimum Gasteiger partial charge on any atom is -0.486 e. The van der Waals surface area contributed by atoms with Gasteiger partial charge in [0, 0.05) is 109 Å². The van der Waals surface area contributed by atoms with Gasteiger partial charge >= 0.3 is 32.6 Å². The van der Waals surface area contributed by atoms with Crippen molar-refractivity contribution in [3.63, 3.8) is 0 Å². The molecule has 7 aliphatic rings. The molecule has 13 atom stereocenters. The highest BCUT2D eigenvalue weighted by atomic mass is 32.2. The highest BCUT2D eigenvalue weighted by molar-refractivity contribution is 7.88. The average molecular weight is 1960 g/mol. The van der Waals surface area contributed by atoms with E-state index >= 15 is 24.0 Å². The number of benzene rings is 4. The van der Waals surface area contributed by atoms with Crippen LogP contribution in [0.3, 0.4) is 0 Å². The molecule has 0 radical (unpaired) electrons. The normalized spacial score (nSPS) is 25.2. The number of carbonyl (C=O) groups excluding carboxylic acids is 8. The maximum atomic E-state index is 16.2. The first kappa shape index (κ1) is 101. The molecular formula is C101H132N14O18S4. The highest BCUT2D eigenvalue weighted by Crippen LogP contribution is 2.51. The van der Waals surface area contributed by atoms with Crippen LogP contribution in [0.1, 0.15) is 248 Å². The van der Waals surface area contributed by atoms with Gasteiger partial charge in [-0.2, -0.15) is 35.4 Å². The number of aromatic nitrogens is 6. The number of ketones is 2. The van der Waals surface area contributed by atoms with Crippen LogP contribution in [-0.4, -0.2) is 190 Å². The Morgan fingerprint density at radius 3 is 1.64 bits per heavy atom. The smallest absolute Gasteiger partial charge is 0.408 e. The number of hydrogen-bond donors (Lipinski definition) is 6. The molecule has 7 heterocycles. The Balaban J connectivity index is 0.816. The average Bonchev–Trinajstić information content (AvgIpc) is 1.58. The highest BCUT2D eigenvalue weighted by Gasteiger charge is 2.63. The van der Waals surface area contributed by atoms with Gasteiger partial charge in [-0.25, -0.2) is 29.0 Å². The number of alkyl carbamates (subject to hydrolysis) is 2. The van der Waals surface area contributed by atoms with E-state index in [2.05, 4.69) is 87.9 Å². The zero-order chi connectivity index (χ0) is 98.3.